The minimum atomic E-state index is -0.584. The summed E-state index contributed by atoms with van der Waals surface area (Å²) < 4.78 is 3.96. The molecule has 14 heavy (non-hydrogen) atoms. The molecule has 0 fully saturated rings. The number of nitrogens with zero attached hydrogens (tertiary/aromatic N) is 1. The first-order valence-corrected chi connectivity index (χ1v) is 3.76. The van der Waals surface area contributed by atoms with Gasteiger partial charge in [0.05, 0.1) is 11.3 Å². The molecule has 1 aromatic carbocycles. The van der Waals surface area contributed by atoms with Crippen LogP contribution >= 0.6 is 0 Å². The fourth-order valence-electron chi connectivity index (χ4n) is 0.944. The van der Waals surface area contributed by atoms with Gasteiger partial charge < -0.3 is 4.65 Å². The van der Waals surface area contributed by atoms with Gasteiger partial charge in [-0.1, -0.05) is 12.1 Å². The molecule has 0 heterocycles. The Hall–Kier alpha value is -1.85. The summed E-state index contributed by atoms with van der Waals surface area (Å²) >= 11 is 0. The quantitative estimate of drug-likeness (QED) is 0.401. The average molecular weight is 191 g/mol. The fourth-order valence-corrected chi connectivity index (χ4v) is 0.944. The van der Waals surface area contributed by atoms with E-state index in [1.165, 1.54) is 24.3 Å². The van der Waals surface area contributed by atoms with Crippen molar-refractivity contribution in [3.63, 3.8) is 0 Å². The lowest BCUT2D eigenvalue weighted by Gasteiger charge is -1.99. The lowest BCUT2D eigenvalue weighted by atomic mass is 10.1. The lowest BCUT2D eigenvalue weighted by molar-refractivity contribution is -0.384. The molecule has 0 aliphatic rings. The van der Waals surface area contributed by atoms with Gasteiger partial charge in [0.15, 0.2) is 0 Å². The summed E-state index contributed by atoms with van der Waals surface area (Å²) in [7, 11) is 4.64. The second kappa shape index (κ2) is 4.41. The zero-order chi connectivity index (χ0) is 10.6. The Balaban J connectivity index is 2.73. The summed E-state index contributed by atoms with van der Waals surface area (Å²) in [5.74, 6) is -0.584. The van der Waals surface area contributed by atoms with Gasteiger partial charge in [-0.25, -0.2) is 0 Å². The van der Waals surface area contributed by atoms with Crippen molar-refractivity contribution in [3.8, 4) is 0 Å². The second-order valence-electron chi connectivity index (χ2n) is 2.59. The number of hydrogen-bond donors (Lipinski definition) is 0. The highest BCUT2D eigenvalue weighted by Gasteiger charge is 2.06. The number of rotatable bonds is 3. The van der Waals surface area contributed by atoms with Crippen molar-refractivity contribution in [2.75, 3.05) is 0 Å². The third-order valence-electron chi connectivity index (χ3n) is 1.63. The van der Waals surface area contributed by atoms with Gasteiger partial charge in [0.1, 0.15) is 0 Å². The molecule has 0 aliphatic heterocycles. The number of hydrogen-bond acceptors (Lipinski definition) is 4. The molecule has 1 aromatic rings. The summed E-state index contributed by atoms with van der Waals surface area (Å²) in [5, 5.41) is 10.3. The number of nitro benzene ring substituents is 1. The molecule has 0 spiro atoms. The summed E-state index contributed by atoms with van der Waals surface area (Å²) in [5.41, 5.74) is 0.598. The maximum Gasteiger partial charge on any atom is 0.378 e. The summed E-state index contributed by atoms with van der Waals surface area (Å²) in [6, 6.07) is 5.60. The number of carbonyl (C=O) groups is 1. The largest absolute Gasteiger partial charge is 0.543 e. The van der Waals surface area contributed by atoms with Crippen molar-refractivity contribution in [3.05, 3.63) is 39.9 Å². The van der Waals surface area contributed by atoms with E-state index in [0.29, 0.717) is 5.56 Å². The maximum absolute atomic E-state index is 10.7. The lowest BCUT2D eigenvalue weighted by Crippen LogP contribution is -2.05. The van der Waals surface area contributed by atoms with Gasteiger partial charge in [-0.3, -0.25) is 14.9 Å². The normalized spacial score (nSPS) is 9.43. The van der Waals surface area contributed by atoms with E-state index in [9.17, 15) is 14.9 Å². The van der Waals surface area contributed by atoms with Crippen LogP contribution in [0.15, 0.2) is 24.3 Å². The molecule has 0 aromatic heterocycles. The topological polar surface area (TPSA) is 69.4 Å². The highest BCUT2D eigenvalue weighted by Crippen LogP contribution is 2.12. The van der Waals surface area contributed by atoms with Crippen LogP contribution in [0.3, 0.4) is 0 Å². The average Bonchev–Trinajstić information content (AvgIpc) is 2.18. The van der Waals surface area contributed by atoms with E-state index < -0.39 is 10.9 Å². The second-order valence-corrected chi connectivity index (χ2v) is 2.59. The summed E-state index contributed by atoms with van der Waals surface area (Å²) in [6.45, 7) is 0. The molecule has 0 bridgehead atoms. The van der Waals surface area contributed by atoms with Crippen molar-refractivity contribution in [1.82, 2.24) is 0 Å². The first-order valence-electron chi connectivity index (χ1n) is 3.76. The molecule has 0 unspecified atom stereocenters. The van der Waals surface area contributed by atoms with Crippen molar-refractivity contribution < 1.29 is 14.4 Å². The Labute approximate surface area is 81.3 Å². The van der Waals surface area contributed by atoms with E-state index in [4.69, 9.17) is 0 Å². The van der Waals surface area contributed by atoms with E-state index in [-0.39, 0.29) is 12.1 Å². The Morgan fingerprint density at radius 3 is 2.43 bits per heavy atom. The molecule has 6 heteroatoms. The summed E-state index contributed by atoms with van der Waals surface area (Å²) in [4.78, 5) is 20.5. The van der Waals surface area contributed by atoms with Crippen LogP contribution < -0.4 is 0 Å². The van der Waals surface area contributed by atoms with Crippen LogP contribution in [0.5, 0.6) is 0 Å². The zero-order valence-electron chi connectivity index (χ0n) is 7.17. The predicted octanol–water partition coefficient (Wildman–Crippen LogP) is 0.764. The minimum absolute atomic E-state index is 0.00843. The first-order chi connectivity index (χ1) is 6.63. The molecule has 70 valence electrons. The van der Waals surface area contributed by atoms with Crippen molar-refractivity contribution in [1.29, 1.82) is 0 Å². The molecule has 0 aliphatic carbocycles. The molecule has 0 amide bonds. The molecule has 5 nitrogen and oxygen atoms in total. The Bertz CT molecular complexity index is 349. The minimum Gasteiger partial charge on any atom is -0.543 e. The van der Waals surface area contributed by atoms with Gasteiger partial charge in [-0.15, -0.1) is 0 Å². The Morgan fingerprint density at radius 1 is 1.43 bits per heavy atom. The zero-order valence-corrected chi connectivity index (χ0v) is 7.17. The van der Waals surface area contributed by atoms with Crippen LogP contribution in [0.2, 0.25) is 0 Å². The molecule has 0 saturated carbocycles. The van der Waals surface area contributed by atoms with Crippen LogP contribution in [0.25, 0.3) is 0 Å². The molecule has 0 atom stereocenters. The Morgan fingerprint density at radius 2 is 2.00 bits per heavy atom. The molecule has 2 radical (unpaired) electrons. The van der Waals surface area contributed by atoms with E-state index in [1.807, 2.05) is 0 Å². The van der Waals surface area contributed by atoms with Gasteiger partial charge >= 0.3 is 8.05 Å². The van der Waals surface area contributed by atoms with E-state index in [2.05, 4.69) is 12.7 Å². The molecule has 1 rings (SSSR count). The van der Waals surface area contributed by atoms with Gasteiger partial charge in [0.2, 0.25) is 0 Å². The highest BCUT2D eigenvalue weighted by atomic mass is 16.6. The molecular formula is C8H6BNO4. The monoisotopic (exact) mass is 191 g/mol. The fraction of sp³-hybridized carbons (Fsp3) is 0.125. The van der Waals surface area contributed by atoms with Gasteiger partial charge in [-0.05, 0) is 5.56 Å². The number of nitro groups is 1. The SMILES string of the molecule is [B]OC(=O)Cc1ccc([N+](=O)[O-])cc1. The van der Waals surface area contributed by atoms with Gasteiger partial charge in [0, 0.05) is 12.1 Å². The maximum atomic E-state index is 10.7. The van der Waals surface area contributed by atoms with Crippen molar-refractivity contribution in [2.45, 2.75) is 6.42 Å². The van der Waals surface area contributed by atoms with Gasteiger partial charge in [0.25, 0.3) is 11.7 Å². The number of carbonyl (C=O) groups excluding carboxylic acids is 1. The first kappa shape index (κ1) is 10.2. The van der Waals surface area contributed by atoms with Crippen LogP contribution in [-0.2, 0) is 15.9 Å². The van der Waals surface area contributed by atoms with Crippen molar-refractivity contribution in [2.24, 2.45) is 0 Å². The van der Waals surface area contributed by atoms with Crippen LogP contribution in [0.1, 0.15) is 5.56 Å². The molecule has 0 N–H and O–H groups in total. The molecular weight excluding hydrogens is 185 g/mol. The molecule has 0 saturated heterocycles. The van der Waals surface area contributed by atoms with E-state index >= 15 is 0 Å². The Kier molecular flexibility index (Phi) is 3.22. The van der Waals surface area contributed by atoms with Crippen LogP contribution in [0.4, 0.5) is 5.69 Å². The standard InChI is InChI=1S/C8H6BNO4/c9-14-8(11)5-6-1-3-7(4-2-6)10(12)13/h1-4H,5H2. The highest BCUT2D eigenvalue weighted by molar-refractivity contribution is 6.05. The van der Waals surface area contributed by atoms with Crippen LogP contribution in [0, 0.1) is 10.1 Å². The third-order valence-corrected chi connectivity index (χ3v) is 1.63. The van der Waals surface area contributed by atoms with E-state index in [0.717, 1.165) is 0 Å². The summed E-state index contributed by atoms with van der Waals surface area (Å²) in [6.07, 6.45) is 0.00843. The van der Waals surface area contributed by atoms with Crippen molar-refractivity contribution >= 4 is 19.7 Å². The van der Waals surface area contributed by atoms with Gasteiger partial charge in [-0.2, -0.15) is 0 Å². The van der Waals surface area contributed by atoms with E-state index in [1.54, 1.807) is 0 Å². The number of benzene rings is 1. The predicted molar refractivity (Wildman–Crippen MR) is 48.6 cm³/mol. The number of non-ortho nitro benzene ring substituents is 1. The third kappa shape index (κ3) is 2.58. The smallest absolute Gasteiger partial charge is 0.378 e. The van der Waals surface area contributed by atoms with Crippen LogP contribution in [-0.4, -0.2) is 18.9 Å².